The fourth-order valence-corrected chi connectivity index (χ4v) is 8.35. The van der Waals surface area contributed by atoms with Crippen LogP contribution in [-0.2, 0) is 4.79 Å². The molecule has 0 aromatic heterocycles. The van der Waals surface area contributed by atoms with E-state index in [0.717, 1.165) is 0 Å². The first-order chi connectivity index (χ1) is 15.9. The fourth-order valence-electron chi connectivity index (χ4n) is 8.35. The average Bonchev–Trinajstić information content (AvgIpc) is 3.04. The van der Waals surface area contributed by atoms with Crippen LogP contribution >= 0.6 is 0 Å². The predicted octanol–water partition coefficient (Wildman–Crippen LogP) is 0.825. The van der Waals surface area contributed by atoms with E-state index < -0.39 is 63.9 Å². The number of allylic oxidation sites excluding steroid dienone is 1. The number of carbonyl (C=O) groups is 1. The number of carbonyl (C=O) groups excluding carboxylic acids is 1. The minimum atomic E-state index is -1.52. The van der Waals surface area contributed by atoms with Gasteiger partial charge in [-0.2, -0.15) is 0 Å². The Balaban J connectivity index is 1.69. The fraction of sp³-hybridized carbons (Fsp3) is 0.889. The summed E-state index contributed by atoms with van der Waals surface area (Å²) < 4.78 is 0. The lowest BCUT2D eigenvalue weighted by Crippen LogP contribution is -2.66. The Bertz CT molecular complexity index is 892. The highest BCUT2D eigenvalue weighted by Crippen LogP contribution is 2.68. The molecule has 11 atom stereocenters. The van der Waals surface area contributed by atoms with E-state index in [0.29, 0.717) is 37.7 Å². The first-order valence-corrected chi connectivity index (χ1v) is 13.1. The molecule has 7 N–H and O–H groups in total. The van der Waals surface area contributed by atoms with Gasteiger partial charge in [0.05, 0.1) is 35.1 Å². The molecule has 200 valence electrons. The molecule has 0 aromatic rings. The largest absolute Gasteiger partial charge is 0.390 e. The number of rotatable bonds is 5. The maximum atomic E-state index is 13.3. The zero-order valence-electron chi connectivity index (χ0n) is 21.6. The Morgan fingerprint density at radius 1 is 1.06 bits per heavy atom. The summed E-state index contributed by atoms with van der Waals surface area (Å²) in [6.07, 6.45) is -1.09. The first-order valence-electron chi connectivity index (χ1n) is 13.1. The molecular weight excluding hydrogens is 452 g/mol. The van der Waals surface area contributed by atoms with Gasteiger partial charge in [0.1, 0.15) is 6.10 Å². The molecule has 4 aliphatic rings. The number of ketones is 1. The number of hydrogen-bond donors (Lipinski definition) is 7. The van der Waals surface area contributed by atoms with Crippen LogP contribution in [0.3, 0.4) is 0 Å². The van der Waals surface area contributed by atoms with Crippen molar-refractivity contribution in [2.24, 2.45) is 28.6 Å². The molecule has 0 aromatic carbocycles. The summed E-state index contributed by atoms with van der Waals surface area (Å²) in [6.45, 7) is 8.59. The van der Waals surface area contributed by atoms with E-state index in [-0.39, 0.29) is 24.5 Å². The summed E-state index contributed by atoms with van der Waals surface area (Å²) >= 11 is 0. The summed E-state index contributed by atoms with van der Waals surface area (Å²) in [4.78, 5) is 13.3. The average molecular weight is 497 g/mol. The Morgan fingerprint density at radius 3 is 2.29 bits per heavy atom. The molecule has 4 rings (SSSR count). The lowest BCUT2D eigenvalue weighted by Gasteiger charge is -2.61. The minimum Gasteiger partial charge on any atom is -0.390 e. The van der Waals surface area contributed by atoms with Gasteiger partial charge in [0, 0.05) is 16.7 Å². The number of aliphatic hydroxyl groups excluding tert-OH is 4. The van der Waals surface area contributed by atoms with Crippen molar-refractivity contribution in [3.05, 3.63) is 11.6 Å². The molecule has 8 nitrogen and oxygen atoms in total. The first kappa shape index (κ1) is 27.2. The molecule has 0 bridgehead atoms. The van der Waals surface area contributed by atoms with Crippen molar-refractivity contribution >= 4 is 5.78 Å². The molecule has 0 amide bonds. The standard InChI is InChI=1S/C27H44O8/c1-23(2,33)9-8-20(30)26(5,34)19-7-11-27(35)15-12-17(28)16-13-18(29)21(31)22(32)25(16,4)14(15)6-10-24(19,27)3/h12,14,16,18-22,29-35H,6-11,13H2,1-5H3/t14-,16-,18+,19-,20+,21+,22?,24+,25+,26+,27+/m0/s1. The second-order valence-electron chi connectivity index (χ2n) is 13.2. The van der Waals surface area contributed by atoms with E-state index in [2.05, 4.69) is 0 Å². The van der Waals surface area contributed by atoms with Crippen LogP contribution in [0.4, 0.5) is 0 Å². The Morgan fingerprint density at radius 2 is 1.69 bits per heavy atom. The maximum absolute atomic E-state index is 13.3. The second kappa shape index (κ2) is 8.32. The zero-order chi connectivity index (χ0) is 26.4. The van der Waals surface area contributed by atoms with E-state index >= 15 is 0 Å². The van der Waals surface area contributed by atoms with Crippen LogP contribution in [0.2, 0.25) is 0 Å². The van der Waals surface area contributed by atoms with Gasteiger partial charge in [-0.3, -0.25) is 4.79 Å². The quantitative estimate of drug-likeness (QED) is 0.295. The molecule has 3 fully saturated rings. The monoisotopic (exact) mass is 496 g/mol. The van der Waals surface area contributed by atoms with Gasteiger partial charge in [0.25, 0.3) is 0 Å². The SMILES string of the molecule is CC(C)(O)CC[C@@H](O)[C@](C)(O)[C@H]1CC[C@@]2(O)C3=CC(=O)[C@@H]4C[C@@H](O)[C@@H](O)C(O)[C@]4(C)[C@H]3CC[C@]12C. The van der Waals surface area contributed by atoms with Crippen molar-refractivity contribution in [1.29, 1.82) is 0 Å². The van der Waals surface area contributed by atoms with Crippen molar-refractivity contribution in [2.75, 3.05) is 0 Å². The number of aliphatic hydroxyl groups is 7. The van der Waals surface area contributed by atoms with Gasteiger partial charge in [0.2, 0.25) is 0 Å². The van der Waals surface area contributed by atoms with E-state index in [1.54, 1.807) is 27.7 Å². The highest BCUT2D eigenvalue weighted by Gasteiger charge is 2.70. The summed E-state index contributed by atoms with van der Waals surface area (Å²) in [5, 5.41) is 76.6. The van der Waals surface area contributed by atoms with Crippen molar-refractivity contribution in [3.63, 3.8) is 0 Å². The highest BCUT2D eigenvalue weighted by atomic mass is 16.4. The third kappa shape index (κ3) is 3.78. The van der Waals surface area contributed by atoms with Gasteiger partial charge in [-0.25, -0.2) is 0 Å². The Labute approximate surface area is 207 Å². The van der Waals surface area contributed by atoms with Gasteiger partial charge in [0.15, 0.2) is 5.78 Å². The van der Waals surface area contributed by atoms with Gasteiger partial charge < -0.3 is 35.7 Å². The van der Waals surface area contributed by atoms with Gasteiger partial charge >= 0.3 is 0 Å². The third-order valence-electron chi connectivity index (χ3n) is 10.7. The highest BCUT2D eigenvalue weighted by molar-refractivity contribution is 5.95. The molecule has 0 heterocycles. The van der Waals surface area contributed by atoms with Crippen LogP contribution in [0.5, 0.6) is 0 Å². The summed E-state index contributed by atoms with van der Waals surface area (Å²) in [5.41, 5.74) is -5.21. The van der Waals surface area contributed by atoms with Crippen molar-refractivity contribution in [1.82, 2.24) is 0 Å². The van der Waals surface area contributed by atoms with Crippen molar-refractivity contribution in [3.8, 4) is 0 Å². The summed E-state index contributed by atoms with van der Waals surface area (Å²) in [7, 11) is 0. The van der Waals surface area contributed by atoms with Gasteiger partial charge in [-0.1, -0.05) is 13.8 Å². The maximum Gasteiger partial charge on any atom is 0.159 e. The Hall–Kier alpha value is -0.870. The third-order valence-corrected chi connectivity index (χ3v) is 10.7. The molecule has 35 heavy (non-hydrogen) atoms. The smallest absolute Gasteiger partial charge is 0.159 e. The normalized spacial score (nSPS) is 48.3. The predicted molar refractivity (Wildman–Crippen MR) is 128 cm³/mol. The van der Waals surface area contributed by atoms with Crippen LogP contribution in [0.15, 0.2) is 11.6 Å². The van der Waals surface area contributed by atoms with Gasteiger partial charge in [-0.05, 0) is 89.2 Å². The van der Waals surface area contributed by atoms with E-state index in [4.69, 9.17) is 0 Å². The van der Waals surface area contributed by atoms with Crippen LogP contribution in [0.25, 0.3) is 0 Å². The van der Waals surface area contributed by atoms with Crippen LogP contribution in [0, 0.1) is 28.6 Å². The van der Waals surface area contributed by atoms with Gasteiger partial charge in [-0.15, -0.1) is 0 Å². The molecule has 0 aliphatic heterocycles. The lowest BCUT2D eigenvalue weighted by molar-refractivity contribution is -0.205. The van der Waals surface area contributed by atoms with Crippen LogP contribution < -0.4 is 0 Å². The molecule has 1 unspecified atom stereocenters. The minimum absolute atomic E-state index is 0.0638. The molecule has 0 saturated heterocycles. The molecule has 8 heteroatoms. The van der Waals surface area contributed by atoms with Crippen LogP contribution in [0.1, 0.15) is 79.6 Å². The molecule has 0 radical (unpaired) electrons. The van der Waals surface area contributed by atoms with E-state index in [9.17, 15) is 40.5 Å². The topological polar surface area (TPSA) is 159 Å². The summed E-state index contributed by atoms with van der Waals surface area (Å²) in [5.74, 6) is -1.73. The molecule has 3 saturated carbocycles. The van der Waals surface area contributed by atoms with Crippen LogP contribution in [-0.4, -0.2) is 82.7 Å². The van der Waals surface area contributed by atoms with E-state index in [1.807, 2.05) is 6.92 Å². The van der Waals surface area contributed by atoms with E-state index in [1.165, 1.54) is 6.08 Å². The lowest BCUT2D eigenvalue weighted by atomic mass is 9.45. The van der Waals surface area contributed by atoms with Crippen molar-refractivity contribution < 1.29 is 40.5 Å². The zero-order valence-corrected chi connectivity index (χ0v) is 21.6. The van der Waals surface area contributed by atoms with Crippen molar-refractivity contribution in [2.45, 2.75) is 121 Å². The number of hydrogen-bond acceptors (Lipinski definition) is 8. The molecular formula is C27H44O8. The second-order valence-corrected chi connectivity index (χ2v) is 13.2. The Kier molecular flexibility index (Phi) is 6.46. The number of fused-ring (bicyclic) bond motifs is 5. The summed E-state index contributed by atoms with van der Waals surface area (Å²) in [6, 6.07) is 0. The molecule has 4 aliphatic carbocycles. The molecule has 0 spiro atoms.